The van der Waals surface area contributed by atoms with E-state index >= 15 is 0 Å². The van der Waals surface area contributed by atoms with Crippen LogP contribution >= 0.6 is 0 Å². The number of hydrogen-bond acceptors (Lipinski definition) is 5. The fourth-order valence-electron chi connectivity index (χ4n) is 3.46. The molecule has 0 aromatic heterocycles. The molecule has 0 saturated carbocycles. The smallest absolute Gasteiger partial charge is 0.397 e. The minimum atomic E-state index is -2.50. The maximum absolute atomic E-state index is 5.55. The lowest BCUT2D eigenvalue weighted by molar-refractivity contribution is 0.123. The van der Waals surface area contributed by atoms with Crippen LogP contribution in [0.25, 0.3) is 0 Å². The molecule has 0 radical (unpaired) electrons. The van der Waals surface area contributed by atoms with E-state index in [2.05, 4.69) is 67.2 Å². The van der Waals surface area contributed by atoms with E-state index in [1.807, 2.05) is 0 Å². The Bertz CT molecular complexity index is 525. The minimum Gasteiger partial charge on any atom is -0.397 e. The van der Waals surface area contributed by atoms with Gasteiger partial charge in [-0.15, -0.1) is 0 Å². The molecule has 150 valence electrons. The second-order valence-corrected chi connectivity index (χ2v) is 15.4. The first-order chi connectivity index (χ1) is 12.3. The highest BCUT2D eigenvalue weighted by Crippen LogP contribution is 2.32. The molecule has 0 amide bonds. The molecule has 0 saturated heterocycles. The van der Waals surface area contributed by atoms with Crippen LogP contribution in [-0.2, 0) is 13.3 Å². The van der Waals surface area contributed by atoms with Crippen molar-refractivity contribution in [3.63, 3.8) is 0 Å². The first kappa shape index (κ1) is 23.2. The first-order valence-electron chi connectivity index (χ1n) is 9.55. The van der Waals surface area contributed by atoms with Crippen molar-refractivity contribution < 1.29 is 13.3 Å². The van der Waals surface area contributed by atoms with E-state index in [1.54, 1.807) is 21.3 Å². The molecule has 0 spiro atoms. The van der Waals surface area contributed by atoms with Crippen LogP contribution in [0.2, 0.25) is 25.7 Å². The molecule has 0 heterocycles. The van der Waals surface area contributed by atoms with Crippen LogP contribution < -0.4 is 9.47 Å². The lowest BCUT2D eigenvalue weighted by atomic mass is 10.2. The molecule has 0 aliphatic heterocycles. The van der Waals surface area contributed by atoms with Crippen molar-refractivity contribution >= 4 is 28.4 Å². The van der Waals surface area contributed by atoms with Crippen molar-refractivity contribution in [2.45, 2.75) is 46.0 Å². The Morgan fingerprint density at radius 2 is 1.38 bits per heavy atom. The molecule has 7 heteroatoms. The summed E-state index contributed by atoms with van der Waals surface area (Å²) in [5.74, 6) is 0. The summed E-state index contributed by atoms with van der Waals surface area (Å²) in [7, 11) is 1.10. The monoisotopic (exact) mass is 398 g/mol. The Hall–Kier alpha value is -0.866. The van der Waals surface area contributed by atoms with Gasteiger partial charge in [-0.2, -0.15) is 0 Å². The number of hydrogen-bond donors (Lipinski definition) is 0. The third kappa shape index (κ3) is 5.82. The molecule has 1 aromatic carbocycles. The average Bonchev–Trinajstić information content (AvgIpc) is 2.63. The van der Waals surface area contributed by atoms with Crippen molar-refractivity contribution in [3.8, 4) is 0 Å². The number of nitrogens with zero attached hydrogens (tertiary/aromatic N) is 2. The molecule has 0 aliphatic rings. The van der Waals surface area contributed by atoms with Gasteiger partial charge in [0.2, 0.25) is 0 Å². The van der Waals surface area contributed by atoms with E-state index in [-0.39, 0.29) is 0 Å². The summed E-state index contributed by atoms with van der Waals surface area (Å²) in [4.78, 5) is 2.46. The zero-order valence-corrected chi connectivity index (χ0v) is 20.0. The second-order valence-electron chi connectivity index (χ2n) is 7.38. The molecule has 0 unspecified atom stereocenters. The van der Waals surface area contributed by atoms with Gasteiger partial charge in [-0.25, -0.2) is 0 Å². The molecule has 1 aromatic rings. The first-order valence-corrected chi connectivity index (χ1v) is 14.9. The van der Waals surface area contributed by atoms with Crippen LogP contribution in [0, 0.1) is 0 Å². The van der Waals surface area contributed by atoms with Gasteiger partial charge in [-0.3, -0.25) is 0 Å². The lowest BCUT2D eigenvalue weighted by Gasteiger charge is -2.39. The fourth-order valence-corrected chi connectivity index (χ4v) is 7.02. The largest absolute Gasteiger partial charge is 0.500 e. The summed E-state index contributed by atoms with van der Waals surface area (Å²) in [5, 5.41) is 0. The zero-order valence-electron chi connectivity index (χ0n) is 18.0. The highest BCUT2D eigenvalue weighted by Gasteiger charge is 2.37. The summed E-state index contributed by atoms with van der Waals surface area (Å²) < 4.78 is 19.3. The summed E-state index contributed by atoms with van der Waals surface area (Å²) in [6.45, 7) is 14.6. The number of para-hydroxylation sites is 2. The maximum atomic E-state index is 5.55. The van der Waals surface area contributed by atoms with E-state index in [1.165, 1.54) is 11.4 Å². The fraction of sp³-hybridized carbons (Fsp3) is 0.684. The third-order valence-corrected chi connectivity index (χ3v) is 9.87. The molecule has 0 N–H and O–H groups in total. The molecular formula is C19H38N2O3Si2. The van der Waals surface area contributed by atoms with Crippen molar-refractivity contribution in [1.82, 2.24) is 0 Å². The number of anilines is 2. The van der Waals surface area contributed by atoms with Crippen molar-refractivity contribution in [3.05, 3.63) is 24.3 Å². The van der Waals surface area contributed by atoms with Gasteiger partial charge in [0.25, 0.3) is 0 Å². The normalized spacial score (nSPS) is 12.3. The topological polar surface area (TPSA) is 34.2 Å². The highest BCUT2D eigenvalue weighted by atomic mass is 28.4. The number of benzene rings is 1. The van der Waals surface area contributed by atoms with Crippen molar-refractivity contribution in [2.75, 3.05) is 50.4 Å². The van der Waals surface area contributed by atoms with E-state index < -0.39 is 17.0 Å². The van der Waals surface area contributed by atoms with E-state index in [0.717, 1.165) is 32.1 Å². The van der Waals surface area contributed by atoms with Crippen molar-refractivity contribution in [1.29, 1.82) is 0 Å². The minimum absolute atomic E-state index is 0.820. The van der Waals surface area contributed by atoms with Gasteiger partial charge in [0, 0.05) is 47.0 Å². The molecular weight excluding hydrogens is 360 g/mol. The third-order valence-electron chi connectivity index (χ3n) is 4.86. The van der Waals surface area contributed by atoms with E-state index in [0.29, 0.717) is 0 Å². The van der Waals surface area contributed by atoms with Gasteiger partial charge in [0.1, 0.15) is 8.24 Å². The maximum Gasteiger partial charge on any atom is 0.500 e. The lowest BCUT2D eigenvalue weighted by Crippen LogP contribution is -2.47. The van der Waals surface area contributed by atoms with Gasteiger partial charge in [-0.1, -0.05) is 31.8 Å². The van der Waals surface area contributed by atoms with Crippen molar-refractivity contribution in [2.24, 2.45) is 0 Å². The van der Waals surface area contributed by atoms with Gasteiger partial charge < -0.3 is 22.7 Å². The Kier molecular flexibility index (Phi) is 9.33. The SMILES string of the molecule is CCN(CCC[Si](OC)(OC)OC)c1ccccc1N(CC)[Si](C)(C)C. The predicted octanol–water partition coefficient (Wildman–Crippen LogP) is 4.44. The Morgan fingerprint density at radius 3 is 1.81 bits per heavy atom. The summed E-state index contributed by atoms with van der Waals surface area (Å²) in [6, 6.07) is 9.61. The molecule has 0 atom stereocenters. The highest BCUT2D eigenvalue weighted by molar-refractivity contribution is 6.79. The van der Waals surface area contributed by atoms with Crippen LogP contribution in [0.5, 0.6) is 0 Å². The standard InChI is InChI=1S/C19H38N2O3Si2/c1-9-20(16-13-17-26(22-3,23-4)24-5)18-14-11-12-15-19(18)21(10-2)25(6,7)8/h11-12,14-15H,9-10,13,16-17H2,1-8H3. The average molecular weight is 399 g/mol. The van der Waals surface area contributed by atoms with Crippen LogP contribution in [0.4, 0.5) is 11.4 Å². The zero-order chi connectivity index (χ0) is 19.8. The molecule has 0 aliphatic carbocycles. The molecule has 1 rings (SSSR count). The Balaban J connectivity index is 2.98. The Labute approximate surface area is 162 Å². The Morgan fingerprint density at radius 1 is 0.846 bits per heavy atom. The van der Waals surface area contributed by atoms with Gasteiger partial charge in [0.15, 0.2) is 0 Å². The van der Waals surface area contributed by atoms with Gasteiger partial charge >= 0.3 is 8.80 Å². The second kappa shape index (κ2) is 10.5. The van der Waals surface area contributed by atoms with Crippen LogP contribution in [0.3, 0.4) is 0 Å². The molecule has 0 fully saturated rings. The molecule has 5 nitrogen and oxygen atoms in total. The quantitative estimate of drug-likeness (QED) is 0.486. The van der Waals surface area contributed by atoms with E-state index in [4.69, 9.17) is 13.3 Å². The number of rotatable bonds is 12. The summed E-state index contributed by atoms with van der Waals surface area (Å²) in [6.07, 6.45) is 0.975. The van der Waals surface area contributed by atoms with Crippen LogP contribution in [0.15, 0.2) is 24.3 Å². The molecule has 0 bridgehead atoms. The van der Waals surface area contributed by atoms with Gasteiger partial charge in [-0.05, 0) is 32.4 Å². The van der Waals surface area contributed by atoms with Crippen LogP contribution in [-0.4, -0.2) is 58.0 Å². The molecule has 26 heavy (non-hydrogen) atoms. The predicted molar refractivity (Wildman–Crippen MR) is 117 cm³/mol. The van der Waals surface area contributed by atoms with Crippen LogP contribution in [0.1, 0.15) is 20.3 Å². The van der Waals surface area contributed by atoms with E-state index in [9.17, 15) is 0 Å². The summed E-state index contributed by atoms with van der Waals surface area (Å²) >= 11 is 0. The van der Waals surface area contributed by atoms with Gasteiger partial charge in [0.05, 0.1) is 11.4 Å². The summed E-state index contributed by atoms with van der Waals surface area (Å²) in [5.41, 5.74) is 2.67.